The van der Waals surface area contributed by atoms with Crippen LogP contribution in [0.5, 0.6) is 0 Å². The van der Waals surface area contributed by atoms with E-state index in [4.69, 9.17) is 16.6 Å². The third kappa shape index (κ3) is 4.11. The predicted molar refractivity (Wildman–Crippen MR) is 118 cm³/mol. The second kappa shape index (κ2) is 7.18. The van der Waals surface area contributed by atoms with E-state index < -0.39 is 9.71 Å². The van der Waals surface area contributed by atoms with Gasteiger partial charge in [-0.1, -0.05) is 29.8 Å². The normalized spacial score (nSPS) is 13.2. The van der Waals surface area contributed by atoms with Crippen LogP contribution in [0.4, 0.5) is 17.2 Å². The molecule has 0 aliphatic heterocycles. The minimum atomic E-state index is -2.36. The molecule has 4 aromatic rings. The minimum absolute atomic E-state index is 0.651. The first-order valence-electron chi connectivity index (χ1n) is 8.45. The maximum atomic E-state index is 11.9. The van der Waals surface area contributed by atoms with E-state index in [1.165, 1.54) is 0 Å². The summed E-state index contributed by atoms with van der Waals surface area (Å²) in [6.45, 7) is 0. The number of hydrogen-bond acceptors (Lipinski definition) is 4. The summed E-state index contributed by atoms with van der Waals surface area (Å²) >= 11 is 6.05. The molecule has 2 N–H and O–H groups in total. The van der Waals surface area contributed by atoms with Gasteiger partial charge in [-0.3, -0.25) is 0 Å². The number of halogens is 1. The number of hydrogen-bond donors (Lipinski definition) is 2. The van der Waals surface area contributed by atoms with Gasteiger partial charge in [0.15, 0.2) is 5.65 Å². The number of aromatic nitrogens is 3. The molecule has 0 amide bonds. The van der Waals surface area contributed by atoms with Crippen molar-refractivity contribution in [1.82, 2.24) is 14.6 Å². The number of nitrogens with zero attached hydrogens (tertiary/aromatic N) is 3. The van der Waals surface area contributed by atoms with E-state index in [2.05, 4.69) is 21.0 Å². The lowest BCUT2D eigenvalue weighted by atomic mass is 10.1. The summed E-state index contributed by atoms with van der Waals surface area (Å²) in [5.74, 6) is 4.32. The molecule has 6 nitrogen and oxygen atoms in total. The zero-order chi connectivity index (χ0) is 19.7. The Kier molecular flexibility index (Phi) is 4.70. The fourth-order valence-corrected chi connectivity index (χ4v) is 3.67. The van der Waals surface area contributed by atoms with Crippen LogP contribution < -0.4 is 10.0 Å². The number of rotatable bonds is 5. The van der Waals surface area contributed by atoms with E-state index in [1.807, 2.05) is 60.8 Å². The van der Waals surface area contributed by atoms with E-state index in [0.29, 0.717) is 16.5 Å². The lowest BCUT2D eigenvalue weighted by Crippen LogP contribution is -2.09. The Labute approximate surface area is 168 Å². The van der Waals surface area contributed by atoms with Crippen molar-refractivity contribution in [2.45, 2.75) is 0 Å². The summed E-state index contributed by atoms with van der Waals surface area (Å²) in [6.07, 6.45) is 5.16. The Bertz CT molecular complexity index is 1270. The molecule has 0 fully saturated rings. The highest BCUT2D eigenvalue weighted by molar-refractivity contribution is 8.00. The highest BCUT2D eigenvalue weighted by Gasteiger charge is 2.10. The van der Waals surface area contributed by atoms with Crippen molar-refractivity contribution in [3.05, 3.63) is 72.0 Å². The first-order valence-corrected chi connectivity index (χ1v) is 11.0. The Morgan fingerprint density at radius 3 is 2.68 bits per heavy atom. The molecular formula is C20H18ClN5OS. The summed E-state index contributed by atoms with van der Waals surface area (Å²) in [4.78, 5) is 4.70. The second-order valence-corrected chi connectivity index (χ2v) is 9.11. The molecule has 0 aliphatic carbocycles. The minimum Gasteiger partial charge on any atom is -0.340 e. The van der Waals surface area contributed by atoms with E-state index in [9.17, 15) is 4.21 Å². The standard InChI is InChI=1S/C20H18ClN5OS/c1-28(2,27)25-17-8-3-5-14(11-17)18-13-22-26-10-9-19(24-20(18)26)23-16-7-4-6-15(21)12-16/h3-13H,1H2,2H3,(H,23,24)(H,25,27). The van der Waals surface area contributed by atoms with Gasteiger partial charge in [0.05, 0.1) is 6.20 Å². The Balaban J connectivity index is 1.71. The van der Waals surface area contributed by atoms with Gasteiger partial charge in [-0.05, 0) is 47.8 Å². The highest BCUT2D eigenvalue weighted by Crippen LogP contribution is 2.27. The van der Waals surface area contributed by atoms with Crippen molar-refractivity contribution >= 4 is 50.0 Å². The van der Waals surface area contributed by atoms with Gasteiger partial charge in [-0.15, -0.1) is 0 Å². The zero-order valence-corrected chi connectivity index (χ0v) is 16.7. The van der Waals surface area contributed by atoms with Gasteiger partial charge < -0.3 is 10.0 Å². The summed E-state index contributed by atoms with van der Waals surface area (Å²) < 4.78 is 16.6. The Hall–Kier alpha value is -3.03. The van der Waals surface area contributed by atoms with Gasteiger partial charge in [-0.2, -0.15) is 5.10 Å². The fourth-order valence-electron chi connectivity index (χ4n) is 2.86. The van der Waals surface area contributed by atoms with E-state index in [-0.39, 0.29) is 0 Å². The van der Waals surface area contributed by atoms with E-state index >= 15 is 0 Å². The van der Waals surface area contributed by atoms with Gasteiger partial charge in [0.2, 0.25) is 0 Å². The van der Waals surface area contributed by atoms with Crippen molar-refractivity contribution in [3.63, 3.8) is 0 Å². The van der Waals surface area contributed by atoms with Crippen molar-refractivity contribution in [2.75, 3.05) is 16.3 Å². The van der Waals surface area contributed by atoms with Crippen LogP contribution in [0.25, 0.3) is 16.8 Å². The molecule has 28 heavy (non-hydrogen) atoms. The smallest absolute Gasteiger partial charge is 0.165 e. The van der Waals surface area contributed by atoms with Gasteiger partial charge in [0.1, 0.15) is 5.82 Å². The summed E-state index contributed by atoms with van der Waals surface area (Å²) in [5.41, 5.74) is 4.06. The lowest BCUT2D eigenvalue weighted by molar-refractivity contribution is 0.688. The number of anilines is 3. The molecule has 8 heteroatoms. The average Bonchev–Trinajstić information content (AvgIpc) is 3.04. The van der Waals surface area contributed by atoms with Crippen LogP contribution in [0.2, 0.25) is 5.02 Å². The zero-order valence-electron chi connectivity index (χ0n) is 15.1. The van der Waals surface area contributed by atoms with Gasteiger partial charge in [0.25, 0.3) is 0 Å². The maximum absolute atomic E-state index is 11.9. The van der Waals surface area contributed by atoms with Crippen LogP contribution >= 0.6 is 11.6 Å². The molecule has 0 bridgehead atoms. The summed E-state index contributed by atoms with van der Waals surface area (Å²) in [7, 11) is -2.36. The molecule has 142 valence electrons. The monoisotopic (exact) mass is 411 g/mol. The first kappa shape index (κ1) is 18.3. The molecule has 0 radical (unpaired) electrons. The molecule has 1 atom stereocenters. The third-order valence-electron chi connectivity index (χ3n) is 3.97. The Morgan fingerprint density at radius 1 is 1.11 bits per heavy atom. The van der Waals surface area contributed by atoms with Crippen LogP contribution in [0, 0.1) is 0 Å². The van der Waals surface area contributed by atoms with E-state index in [0.717, 1.165) is 22.5 Å². The largest absolute Gasteiger partial charge is 0.340 e. The molecule has 0 saturated carbocycles. The summed E-state index contributed by atoms with van der Waals surface area (Å²) in [6, 6.07) is 16.9. The van der Waals surface area contributed by atoms with Crippen molar-refractivity contribution in [2.24, 2.45) is 0 Å². The van der Waals surface area contributed by atoms with Gasteiger partial charge in [-0.25, -0.2) is 13.7 Å². The van der Waals surface area contributed by atoms with Crippen molar-refractivity contribution in [3.8, 4) is 11.1 Å². The molecule has 2 aromatic heterocycles. The molecular weight excluding hydrogens is 394 g/mol. The molecule has 4 rings (SSSR count). The number of nitrogens with one attached hydrogen (secondary N) is 2. The summed E-state index contributed by atoms with van der Waals surface area (Å²) in [5, 5.41) is 8.28. The average molecular weight is 412 g/mol. The lowest BCUT2D eigenvalue weighted by Gasteiger charge is -2.09. The van der Waals surface area contributed by atoms with Gasteiger partial charge >= 0.3 is 0 Å². The predicted octanol–water partition coefficient (Wildman–Crippen LogP) is 4.47. The molecule has 0 aliphatic rings. The van der Waals surface area contributed by atoms with Crippen molar-refractivity contribution in [1.29, 1.82) is 0 Å². The van der Waals surface area contributed by atoms with Crippen LogP contribution in [0.1, 0.15) is 0 Å². The molecule has 1 unspecified atom stereocenters. The number of fused-ring (bicyclic) bond motifs is 1. The topological polar surface area (TPSA) is 71.3 Å². The van der Waals surface area contributed by atoms with Crippen LogP contribution in [-0.4, -0.2) is 30.9 Å². The van der Waals surface area contributed by atoms with Gasteiger partial charge in [0, 0.05) is 44.1 Å². The molecule has 2 aromatic carbocycles. The fraction of sp³-hybridized carbons (Fsp3) is 0.0500. The first-order chi connectivity index (χ1) is 13.4. The van der Waals surface area contributed by atoms with Crippen LogP contribution in [-0.2, 0) is 9.71 Å². The quantitative estimate of drug-likeness (QED) is 0.475. The third-order valence-corrected chi connectivity index (χ3v) is 4.88. The Morgan fingerprint density at radius 2 is 1.89 bits per heavy atom. The molecule has 2 heterocycles. The maximum Gasteiger partial charge on any atom is 0.165 e. The van der Waals surface area contributed by atoms with Crippen molar-refractivity contribution < 1.29 is 4.21 Å². The molecule has 0 spiro atoms. The SMILES string of the molecule is C=S(C)(=O)Nc1cccc(-c2cnn3ccc(Nc4cccc(Cl)c4)nc23)c1. The van der Waals surface area contributed by atoms with E-state index in [1.54, 1.807) is 17.0 Å². The van der Waals surface area contributed by atoms with Crippen LogP contribution in [0.3, 0.4) is 0 Å². The highest BCUT2D eigenvalue weighted by atomic mass is 35.5. The van der Waals surface area contributed by atoms with Crippen LogP contribution in [0.15, 0.2) is 67.0 Å². The molecule has 0 saturated heterocycles. The second-order valence-electron chi connectivity index (χ2n) is 6.46. The number of benzene rings is 2.